The summed E-state index contributed by atoms with van der Waals surface area (Å²) < 4.78 is 1.78. The summed E-state index contributed by atoms with van der Waals surface area (Å²) in [5.41, 5.74) is 0.781. The van der Waals surface area contributed by atoms with E-state index >= 15 is 0 Å². The summed E-state index contributed by atoms with van der Waals surface area (Å²) in [6, 6.07) is -0.0406. The molecule has 1 N–H and O–H groups in total. The summed E-state index contributed by atoms with van der Waals surface area (Å²) in [6.45, 7) is 6.75. The number of aryl methyl sites for hydroxylation is 1. The molecule has 0 aromatic carbocycles. The fourth-order valence-electron chi connectivity index (χ4n) is 4.76. The molecule has 150 valence electrons. The zero-order valence-corrected chi connectivity index (χ0v) is 17.2. The highest BCUT2D eigenvalue weighted by atomic mass is 16.2. The van der Waals surface area contributed by atoms with Gasteiger partial charge in [0, 0.05) is 49.7 Å². The van der Waals surface area contributed by atoms with Gasteiger partial charge in [0.1, 0.15) is 0 Å². The van der Waals surface area contributed by atoms with Crippen LogP contribution in [0.3, 0.4) is 0 Å². The molecule has 0 radical (unpaired) electrons. The lowest BCUT2D eigenvalue weighted by Gasteiger charge is -2.38. The van der Waals surface area contributed by atoms with E-state index in [9.17, 15) is 9.59 Å². The summed E-state index contributed by atoms with van der Waals surface area (Å²) in [6.07, 6.45) is 11.1. The summed E-state index contributed by atoms with van der Waals surface area (Å²) in [5, 5.41) is 7.43. The van der Waals surface area contributed by atoms with Crippen molar-refractivity contribution in [2.75, 3.05) is 6.54 Å². The summed E-state index contributed by atoms with van der Waals surface area (Å²) in [4.78, 5) is 27.2. The lowest BCUT2D eigenvalue weighted by atomic mass is 9.86. The number of aromatic nitrogens is 2. The van der Waals surface area contributed by atoms with Crippen molar-refractivity contribution >= 4 is 11.8 Å². The minimum Gasteiger partial charge on any atom is -0.356 e. The second-order valence-electron chi connectivity index (χ2n) is 9.30. The molecule has 0 unspecified atom stereocenters. The van der Waals surface area contributed by atoms with Crippen LogP contribution in [0.5, 0.6) is 0 Å². The average molecular weight is 375 g/mol. The van der Waals surface area contributed by atoms with Gasteiger partial charge in [-0.25, -0.2) is 0 Å². The number of amides is 2. The largest absolute Gasteiger partial charge is 0.356 e. The van der Waals surface area contributed by atoms with Crippen molar-refractivity contribution in [3.05, 3.63) is 18.0 Å². The Balaban J connectivity index is 1.67. The normalized spacial score (nSPS) is 24.4. The average Bonchev–Trinajstić information content (AvgIpc) is 3.16. The fourth-order valence-corrected chi connectivity index (χ4v) is 4.76. The first kappa shape index (κ1) is 19.9. The molecule has 6 nitrogen and oxygen atoms in total. The van der Waals surface area contributed by atoms with Crippen LogP contribution in [0, 0.1) is 11.8 Å². The fraction of sp³-hybridized carbons (Fsp3) is 0.762. The maximum absolute atomic E-state index is 12.8. The van der Waals surface area contributed by atoms with E-state index in [1.54, 1.807) is 4.68 Å². The minimum absolute atomic E-state index is 0.0406. The molecular formula is C21H34N4O2. The van der Waals surface area contributed by atoms with Gasteiger partial charge in [0.25, 0.3) is 0 Å². The molecule has 1 aromatic rings. The molecule has 2 aliphatic rings. The van der Waals surface area contributed by atoms with Crippen LogP contribution in [-0.2, 0) is 16.6 Å². The Bertz CT molecular complexity index is 670. The molecule has 2 atom stereocenters. The Morgan fingerprint density at radius 1 is 1.26 bits per heavy atom. The van der Waals surface area contributed by atoms with Crippen LogP contribution in [-0.4, -0.2) is 38.6 Å². The molecule has 1 aliphatic heterocycles. The summed E-state index contributed by atoms with van der Waals surface area (Å²) in [5.74, 6) is 0.900. The number of hydrogen-bond acceptors (Lipinski definition) is 3. The van der Waals surface area contributed by atoms with Gasteiger partial charge in [-0.05, 0) is 39.5 Å². The predicted molar refractivity (Wildman–Crippen MR) is 105 cm³/mol. The number of carbonyl (C=O) groups excluding carboxylic acids is 2. The Hall–Kier alpha value is -1.85. The lowest BCUT2D eigenvalue weighted by Crippen LogP contribution is -2.44. The zero-order valence-electron chi connectivity index (χ0n) is 17.2. The number of nitrogens with one attached hydrogen (secondary N) is 1. The third kappa shape index (κ3) is 4.71. The van der Waals surface area contributed by atoms with E-state index in [0.717, 1.165) is 5.56 Å². The topological polar surface area (TPSA) is 67.2 Å². The van der Waals surface area contributed by atoms with Crippen LogP contribution in [0.2, 0.25) is 0 Å². The highest BCUT2D eigenvalue weighted by Crippen LogP contribution is 2.42. The molecule has 1 saturated carbocycles. The number of hydrogen-bond donors (Lipinski definition) is 1. The monoisotopic (exact) mass is 374 g/mol. The number of rotatable bonds is 5. The Kier molecular flexibility index (Phi) is 5.92. The van der Waals surface area contributed by atoms with Crippen LogP contribution >= 0.6 is 0 Å². The Morgan fingerprint density at radius 2 is 1.96 bits per heavy atom. The Labute approximate surface area is 162 Å². The van der Waals surface area contributed by atoms with E-state index in [2.05, 4.69) is 31.2 Å². The van der Waals surface area contributed by atoms with Crippen molar-refractivity contribution in [2.24, 2.45) is 18.9 Å². The maximum Gasteiger partial charge on any atom is 0.223 e. The summed E-state index contributed by atoms with van der Waals surface area (Å²) >= 11 is 0. The van der Waals surface area contributed by atoms with Gasteiger partial charge < -0.3 is 10.2 Å². The molecule has 3 rings (SSSR count). The molecule has 0 spiro atoms. The lowest BCUT2D eigenvalue weighted by molar-refractivity contribution is -0.133. The number of nitrogens with zero attached hydrogens (tertiary/aromatic N) is 3. The molecule has 0 bridgehead atoms. The van der Waals surface area contributed by atoms with E-state index < -0.39 is 0 Å². The third-order valence-corrected chi connectivity index (χ3v) is 5.98. The van der Waals surface area contributed by atoms with E-state index in [0.29, 0.717) is 25.3 Å². The molecule has 27 heavy (non-hydrogen) atoms. The summed E-state index contributed by atoms with van der Waals surface area (Å²) in [7, 11) is 1.89. The zero-order chi connectivity index (χ0) is 19.6. The van der Waals surface area contributed by atoms with E-state index in [-0.39, 0.29) is 29.3 Å². The second kappa shape index (κ2) is 8.03. The van der Waals surface area contributed by atoms with Crippen molar-refractivity contribution in [2.45, 2.75) is 77.3 Å². The van der Waals surface area contributed by atoms with Crippen LogP contribution in [0.1, 0.15) is 77.3 Å². The van der Waals surface area contributed by atoms with Crippen LogP contribution in [0.25, 0.3) is 0 Å². The molecular weight excluding hydrogens is 340 g/mol. The van der Waals surface area contributed by atoms with Gasteiger partial charge in [-0.2, -0.15) is 5.10 Å². The number of likely N-dealkylation sites (tertiary alicyclic amines) is 1. The van der Waals surface area contributed by atoms with E-state index in [1.807, 2.05) is 24.3 Å². The first-order valence-corrected chi connectivity index (χ1v) is 10.3. The second-order valence-corrected chi connectivity index (χ2v) is 9.30. The smallest absolute Gasteiger partial charge is 0.223 e. The van der Waals surface area contributed by atoms with Gasteiger partial charge in [-0.15, -0.1) is 0 Å². The van der Waals surface area contributed by atoms with Gasteiger partial charge in [-0.1, -0.05) is 19.3 Å². The predicted octanol–water partition coefficient (Wildman–Crippen LogP) is 3.19. The molecule has 1 aliphatic carbocycles. The van der Waals surface area contributed by atoms with Gasteiger partial charge >= 0.3 is 0 Å². The van der Waals surface area contributed by atoms with Crippen LogP contribution in [0.15, 0.2) is 12.4 Å². The van der Waals surface area contributed by atoms with Crippen molar-refractivity contribution in [3.8, 4) is 0 Å². The standard InChI is InChI=1S/C21H34N4O2/c1-21(2,3)25-19(27)11-16(20(25)17-13-23-24(4)14-17)12-22-18(26)10-15-8-6-5-7-9-15/h13-16,20H,5-12H2,1-4H3,(H,22,26)/t16-,20+/m1/s1. The van der Waals surface area contributed by atoms with Crippen LogP contribution < -0.4 is 5.32 Å². The van der Waals surface area contributed by atoms with Gasteiger partial charge in [0.15, 0.2) is 0 Å². The van der Waals surface area contributed by atoms with Crippen molar-refractivity contribution in [1.82, 2.24) is 20.0 Å². The molecule has 1 aromatic heterocycles. The highest BCUT2D eigenvalue weighted by molar-refractivity contribution is 5.81. The number of carbonyl (C=O) groups is 2. The molecule has 1 saturated heterocycles. The van der Waals surface area contributed by atoms with E-state index in [1.165, 1.54) is 32.1 Å². The molecule has 2 fully saturated rings. The Morgan fingerprint density at radius 3 is 2.56 bits per heavy atom. The SMILES string of the molecule is Cn1cc([C@@H]2[C@@H](CNC(=O)CC3CCCCC3)CC(=O)N2C(C)(C)C)cn1. The quantitative estimate of drug-likeness (QED) is 0.861. The van der Waals surface area contributed by atoms with Crippen LogP contribution in [0.4, 0.5) is 0 Å². The van der Waals surface area contributed by atoms with Gasteiger partial charge in [0.2, 0.25) is 11.8 Å². The first-order chi connectivity index (χ1) is 12.8. The maximum atomic E-state index is 12.8. The van der Waals surface area contributed by atoms with Gasteiger partial charge in [0.05, 0.1) is 12.2 Å². The molecule has 2 amide bonds. The van der Waals surface area contributed by atoms with Crippen molar-refractivity contribution < 1.29 is 9.59 Å². The highest BCUT2D eigenvalue weighted by Gasteiger charge is 2.45. The van der Waals surface area contributed by atoms with Gasteiger partial charge in [-0.3, -0.25) is 14.3 Å². The first-order valence-electron chi connectivity index (χ1n) is 10.3. The molecule has 6 heteroatoms. The van der Waals surface area contributed by atoms with Crippen molar-refractivity contribution in [3.63, 3.8) is 0 Å². The minimum atomic E-state index is -0.265. The molecule has 2 heterocycles. The third-order valence-electron chi connectivity index (χ3n) is 5.98. The van der Waals surface area contributed by atoms with E-state index in [4.69, 9.17) is 0 Å². The van der Waals surface area contributed by atoms with Crippen molar-refractivity contribution in [1.29, 1.82) is 0 Å².